The Kier molecular flexibility index (Phi) is 6.45. The number of nitrogens with zero attached hydrogens (tertiary/aromatic N) is 1. The van der Waals surface area contributed by atoms with E-state index in [0.717, 1.165) is 47.4 Å². The van der Waals surface area contributed by atoms with Gasteiger partial charge < -0.3 is 5.32 Å². The van der Waals surface area contributed by atoms with E-state index in [1.807, 2.05) is 30.3 Å². The second-order valence-corrected chi connectivity index (χ2v) is 13.1. The first kappa shape index (κ1) is 24.4. The first-order valence-electron chi connectivity index (χ1n) is 13.2. The summed E-state index contributed by atoms with van der Waals surface area (Å²) >= 11 is 0. The molecule has 1 amide bonds. The molecule has 6 heteroatoms. The van der Waals surface area contributed by atoms with Crippen molar-refractivity contribution in [3.63, 3.8) is 0 Å². The standard InChI is InChI=1S/C29H38N2O3S/c1-4-23-7-6-8-24(5-2)28(23)30-27(32)19-31(35(3,33)34)26-11-9-25(10-12-26)29-16-20-13-21(17-29)15-22(14-20)18-29/h6-12,20-22H,4-5,13-19H2,1-3H3,(H,30,32). The molecule has 6 rings (SSSR count). The van der Waals surface area contributed by atoms with Crippen LogP contribution in [0.2, 0.25) is 0 Å². The first-order valence-corrected chi connectivity index (χ1v) is 15.0. The maximum atomic E-state index is 13.1. The zero-order valence-electron chi connectivity index (χ0n) is 21.2. The Morgan fingerprint density at radius 2 is 1.43 bits per heavy atom. The van der Waals surface area contributed by atoms with Crippen LogP contribution >= 0.6 is 0 Å². The molecular formula is C29H38N2O3S. The average molecular weight is 495 g/mol. The Bertz CT molecular complexity index is 1150. The van der Waals surface area contributed by atoms with E-state index in [1.165, 1.54) is 54.6 Å². The minimum atomic E-state index is -3.62. The van der Waals surface area contributed by atoms with Crippen molar-refractivity contribution in [2.24, 2.45) is 17.8 Å². The summed E-state index contributed by atoms with van der Waals surface area (Å²) in [5.41, 5.74) is 5.10. The number of rotatable bonds is 8. The zero-order valence-corrected chi connectivity index (χ0v) is 22.0. The second-order valence-electron chi connectivity index (χ2n) is 11.2. The van der Waals surface area contributed by atoms with Crippen LogP contribution in [0, 0.1) is 17.8 Å². The van der Waals surface area contributed by atoms with Gasteiger partial charge in [-0.15, -0.1) is 0 Å². The van der Waals surface area contributed by atoms with E-state index in [-0.39, 0.29) is 17.9 Å². The summed E-state index contributed by atoms with van der Waals surface area (Å²) in [5.74, 6) is 2.25. The van der Waals surface area contributed by atoms with Crippen LogP contribution in [0.1, 0.15) is 69.1 Å². The molecule has 35 heavy (non-hydrogen) atoms. The van der Waals surface area contributed by atoms with Crippen molar-refractivity contribution < 1.29 is 13.2 Å². The summed E-state index contributed by atoms with van der Waals surface area (Å²) in [4.78, 5) is 13.1. The quantitative estimate of drug-likeness (QED) is 0.513. The Balaban J connectivity index is 1.36. The Morgan fingerprint density at radius 1 is 0.914 bits per heavy atom. The number of para-hydroxylation sites is 1. The van der Waals surface area contributed by atoms with E-state index in [9.17, 15) is 13.2 Å². The summed E-state index contributed by atoms with van der Waals surface area (Å²) in [7, 11) is -3.62. The minimum absolute atomic E-state index is 0.239. The number of amides is 1. The third-order valence-corrected chi connectivity index (χ3v) is 9.90. The second kappa shape index (κ2) is 9.27. The fourth-order valence-electron chi connectivity index (χ4n) is 7.56. The number of benzene rings is 2. The number of hydrogen-bond donors (Lipinski definition) is 1. The molecule has 4 bridgehead atoms. The number of hydrogen-bond acceptors (Lipinski definition) is 3. The SMILES string of the molecule is CCc1cccc(CC)c1NC(=O)CN(c1ccc(C23CC4CC(CC(C4)C2)C3)cc1)S(C)(=O)=O. The molecule has 4 fully saturated rings. The van der Waals surface area contributed by atoms with Gasteiger partial charge in [0.25, 0.3) is 0 Å². The average Bonchev–Trinajstić information content (AvgIpc) is 2.81. The van der Waals surface area contributed by atoms with Crippen molar-refractivity contribution in [2.75, 3.05) is 22.4 Å². The molecule has 5 nitrogen and oxygen atoms in total. The lowest BCUT2D eigenvalue weighted by atomic mass is 9.48. The van der Waals surface area contributed by atoms with Crippen molar-refractivity contribution in [3.05, 3.63) is 59.2 Å². The van der Waals surface area contributed by atoms with Crippen LogP contribution in [0.5, 0.6) is 0 Å². The molecule has 0 aromatic heterocycles. The monoisotopic (exact) mass is 494 g/mol. The van der Waals surface area contributed by atoms with Crippen molar-refractivity contribution in [1.29, 1.82) is 0 Å². The van der Waals surface area contributed by atoms with E-state index < -0.39 is 10.0 Å². The number of sulfonamides is 1. The van der Waals surface area contributed by atoms with Gasteiger partial charge in [-0.25, -0.2) is 8.42 Å². The number of carbonyl (C=O) groups excluding carboxylic acids is 1. The number of aryl methyl sites for hydroxylation is 2. The predicted molar refractivity (Wildman–Crippen MR) is 142 cm³/mol. The molecule has 4 aliphatic rings. The fraction of sp³-hybridized carbons (Fsp3) is 0.552. The lowest BCUT2D eigenvalue weighted by molar-refractivity contribution is -0.114. The molecule has 0 radical (unpaired) electrons. The molecule has 0 atom stereocenters. The molecule has 0 heterocycles. The summed E-state index contributed by atoms with van der Waals surface area (Å²) in [5, 5.41) is 3.01. The van der Waals surface area contributed by atoms with Crippen LogP contribution in [0.15, 0.2) is 42.5 Å². The summed E-state index contributed by atoms with van der Waals surface area (Å²) in [6.45, 7) is 3.87. The lowest BCUT2D eigenvalue weighted by Gasteiger charge is -2.57. The zero-order chi connectivity index (χ0) is 24.8. The highest BCUT2D eigenvalue weighted by molar-refractivity contribution is 7.92. The van der Waals surface area contributed by atoms with E-state index in [0.29, 0.717) is 5.69 Å². The van der Waals surface area contributed by atoms with Crippen molar-refractivity contribution in [2.45, 2.75) is 70.6 Å². The van der Waals surface area contributed by atoms with Crippen LogP contribution in [0.25, 0.3) is 0 Å². The van der Waals surface area contributed by atoms with E-state index >= 15 is 0 Å². The third kappa shape index (κ3) is 4.74. The van der Waals surface area contributed by atoms with Gasteiger partial charge >= 0.3 is 0 Å². The van der Waals surface area contributed by atoms with E-state index in [1.54, 1.807) is 0 Å². The van der Waals surface area contributed by atoms with Crippen molar-refractivity contribution >= 4 is 27.3 Å². The highest BCUT2D eigenvalue weighted by Crippen LogP contribution is 2.60. The highest BCUT2D eigenvalue weighted by atomic mass is 32.2. The van der Waals surface area contributed by atoms with Gasteiger partial charge in [0.05, 0.1) is 11.9 Å². The molecule has 0 saturated heterocycles. The molecule has 188 valence electrons. The predicted octanol–water partition coefficient (Wildman–Crippen LogP) is 5.68. The molecule has 0 spiro atoms. The third-order valence-electron chi connectivity index (χ3n) is 8.76. The molecule has 2 aromatic rings. The number of nitrogens with one attached hydrogen (secondary N) is 1. The summed E-state index contributed by atoms with van der Waals surface area (Å²) < 4.78 is 26.7. The van der Waals surface area contributed by atoms with Crippen LogP contribution in [-0.4, -0.2) is 27.1 Å². The maximum Gasteiger partial charge on any atom is 0.245 e. The first-order chi connectivity index (χ1) is 16.7. The van der Waals surface area contributed by atoms with E-state index in [4.69, 9.17) is 0 Å². The Labute approximate surface area is 210 Å². The van der Waals surface area contributed by atoms with Crippen molar-refractivity contribution in [3.8, 4) is 0 Å². The minimum Gasteiger partial charge on any atom is -0.324 e. The van der Waals surface area contributed by atoms with Gasteiger partial charge in [-0.2, -0.15) is 0 Å². The molecule has 0 unspecified atom stereocenters. The van der Waals surface area contributed by atoms with Gasteiger partial charge in [0, 0.05) is 5.69 Å². The Morgan fingerprint density at radius 3 is 1.89 bits per heavy atom. The smallest absolute Gasteiger partial charge is 0.245 e. The molecule has 4 saturated carbocycles. The maximum absolute atomic E-state index is 13.1. The van der Waals surface area contributed by atoms with Gasteiger partial charge in [-0.1, -0.05) is 44.2 Å². The number of anilines is 2. The molecule has 4 aliphatic carbocycles. The van der Waals surface area contributed by atoms with Gasteiger partial charge in [-0.05, 0) is 103 Å². The van der Waals surface area contributed by atoms with Crippen LogP contribution in [0.3, 0.4) is 0 Å². The molecule has 0 aliphatic heterocycles. The largest absolute Gasteiger partial charge is 0.324 e. The number of carbonyl (C=O) groups is 1. The topological polar surface area (TPSA) is 66.5 Å². The highest BCUT2D eigenvalue weighted by Gasteiger charge is 2.51. The molecule has 1 N–H and O–H groups in total. The van der Waals surface area contributed by atoms with Crippen LogP contribution in [0.4, 0.5) is 11.4 Å². The van der Waals surface area contributed by atoms with Crippen molar-refractivity contribution in [1.82, 2.24) is 0 Å². The van der Waals surface area contributed by atoms with Gasteiger partial charge in [0.2, 0.25) is 15.9 Å². The summed E-state index contributed by atoms with van der Waals surface area (Å²) in [6.07, 6.45) is 10.8. The Hall–Kier alpha value is -2.34. The fourth-order valence-corrected chi connectivity index (χ4v) is 8.41. The summed E-state index contributed by atoms with van der Waals surface area (Å²) in [6, 6.07) is 14.1. The molecular weight excluding hydrogens is 456 g/mol. The van der Waals surface area contributed by atoms with Gasteiger partial charge in [0.1, 0.15) is 6.54 Å². The lowest BCUT2D eigenvalue weighted by Crippen LogP contribution is -2.48. The van der Waals surface area contributed by atoms with Crippen LogP contribution < -0.4 is 9.62 Å². The normalized spacial score (nSPS) is 27.1. The van der Waals surface area contributed by atoms with Gasteiger partial charge in [0.15, 0.2) is 0 Å². The molecule has 2 aromatic carbocycles. The van der Waals surface area contributed by atoms with Gasteiger partial charge in [-0.3, -0.25) is 9.10 Å². The van der Waals surface area contributed by atoms with E-state index in [2.05, 4.69) is 31.3 Å². The van der Waals surface area contributed by atoms with Crippen LogP contribution in [-0.2, 0) is 33.1 Å².